The lowest BCUT2D eigenvalue weighted by atomic mass is 9.67. The van der Waals surface area contributed by atoms with E-state index in [2.05, 4.69) is 6.58 Å². The third kappa shape index (κ3) is 2.56. The SMILES string of the molecule is C=C(C)C1Cc2c(ccc3c2OC2COc4cc(C=O)c(OC)cc4C2(CO)C3=O)O1. The lowest BCUT2D eigenvalue weighted by Crippen LogP contribution is -2.59. The summed E-state index contributed by atoms with van der Waals surface area (Å²) in [6.07, 6.45) is 0.315. The van der Waals surface area contributed by atoms with Gasteiger partial charge in [-0.1, -0.05) is 6.58 Å². The molecule has 7 nitrogen and oxygen atoms in total. The molecular weight excluding hydrogens is 400 g/mol. The molecule has 0 saturated carbocycles. The van der Waals surface area contributed by atoms with Crippen molar-refractivity contribution in [2.24, 2.45) is 0 Å². The van der Waals surface area contributed by atoms with Gasteiger partial charge in [-0.25, -0.2) is 0 Å². The Hall–Kier alpha value is -3.32. The van der Waals surface area contributed by atoms with Crippen LogP contribution in [-0.4, -0.2) is 49.7 Å². The number of hydrogen-bond donors (Lipinski definition) is 1. The molecule has 160 valence electrons. The van der Waals surface area contributed by atoms with Crippen molar-refractivity contribution in [1.82, 2.24) is 0 Å². The summed E-state index contributed by atoms with van der Waals surface area (Å²) in [5.41, 5.74) is 1.49. The van der Waals surface area contributed by atoms with Crippen LogP contribution in [0, 0.1) is 0 Å². The van der Waals surface area contributed by atoms with Gasteiger partial charge in [0.15, 0.2) is 18.2 Å². The Balaban J connectivity index is 1.67. The van der Waals surface area contributed by atoms with Crippen molar-refractivity contribution in [3.8, 4) is 23.0 Å². The Bertz CT molecular complexity index is 1140. The average Bonchev–Trinajstić information content (AvgIpc) is 3.23. The number of ketones is 1. The van der Waals surface area contributed by atoms with E-state index in [1.54, 1.807) is 18.2 Å². The third-order valence-corrected chi connectivity index (χ3v) is 6.46. The van der Waals surface area contributed by atoms with Crippen LogP contribution in [0.25, 0.3) is 0 Å². The number of aldehydes is 1. The minimum atomic E-state index is -1.36. The first kappa shape index (κ1) is 19.6. The molecular formula is C24H22O7. The summed E-state index contributed by atoms with van der Waals surface area (Å²) in [4.78, 5) is 25.3. The molecule has 0 saturated heterocycles. The van der Waals surface area contributed by atoms with Crippen LogP contribution in [0.2, 0.25) is 0 Å². The molecule has 3 aliphatic rings. The monoisotopic (exact) mass is 422 g/mol. The molecule has 2 aromatic carbocycles. The number of benzene rings is 2. The van der Waals surface area contributed by atoms with Crippen molar-refractivity contribution in [3.63, 3.8) is 0 Å². The van der Waals surface area contributed by atoms with E-state index in [0.29, 0.717) is 52.4 Å². The molecule has 3 aliphatic heterocycles. The Labute approximate surface area is 179 Å². The molecule has 3 unspecified atom stereocenters. The van der Waals surface area contributed by atoms with E-state index < -0.39 is 18.1 Å². The molecule has 0 spiro atoms. The van der Waals surface area contributed by atoms with Gasteiger partial charge in [-0.05, 0) is 36.8 Å². The minimum absolute atomic E-state index is 0.0534. The number of carbonyl (C=O) groups is 2. The summed E-state index contributed by atoms with van der Waals surface area (Å²) >= 11 is 0. The Kier molecular flexibility index (Phi) is 4.34. The maximum Gasteiger partial charge on any atom is 0.183 e. The van der Waals surface area contributed by atoms with Gasteiger partial charge in [0.25, 0.3) is 0 Å². The number of aliphatic hydroxyl groups excluding tert-OH is 1. The van der Waals surface area contributed by atoms with Crippen molar-refractivity contribution in [3.05, 3.63) is 58.7 Å². The topological polar surface area (TPSA) is 91.3 Å². The van der Waals surface area contributed by atoms with Gasteiger partial charge in [-0.3, -0.25) is 9.59 Å². The van der Waals surface area contributed by atoms with Crippen LogP contribution in [0.5, 0.6) is 23.0 Å². The van der Waals surface area contributed by atoms with Gasteiger partial charge in [0.1, 0.15) is 41.1 Å². The van der Waals surface area contributed by atoms with Crippen LogP contribution in [0.15, 0.2) is 36.4 Å². The molecule has 0 amide bonds. The Morgan fingerprint density at radius 3 is 2.81 bits per heavy atom. The van der Waals surface area contributed by atoms with Crippen molar-refractivity contribution in [1.29, 1.82) is 0 Å². The summed E-state index contributed by atoms with van der Waals surface area (Å²) in [6, 6.07) is 6.56. The van der Waals surface area contributed by atoms with Gasteiger partial charge in [-0.2, -0.15) is 0 Å². The molecule has 0 fully saturated rings. The maximum absolute atomic E-state index is 13.9. The van der Waals surface area contributed by atoms with Crippen molar-refractivity contribution in [2.75, 3.05) is 20.3 Å². The summed E-state index contributed by atoms with van der Waals surface area (Å²) in [6.45, 7) is 5.45. The second kappa shape index (κ2) is 6.85. The zero-order valence-corrected chi connectivity index (χ0v) is 17.3. The quantitative estimate of drug-likeness (QED) is 0.598. The highest BCUT2D eigenvalue weighted by Gasteiger charge is 2.57. The molecule has 0 radical (unpaired) electrons. The van der Waals surface area contributed by atoms with Crippen LogP contribution in [0.3, 0.4) is 0 Å². The zero-order chi connectivity index (χ0) is 21.9. The molecule has 3 heterocycles. The number of aliphatic hydroxyl groups is 1. The molecule has 0 aromatic heterocycles. The average molecular weight is 422 g/mol. The fourth-order valence-corrected chi connectivity index (χ4v) is 4.72. The van der Waals surface area contributed by atoms with Crippen LogP contribution >= 0.6 is 0 Å². The summed E-state index contributed by atoms with van der Waals surface area (Å²) in [7, 11) is 1.44. The molecule has 7 heteroatoms. The lowest BCUT2D eigenvalue weighted by Gasteiger charge is -2.45. The largest absolute Gasteiger partial charge is 0.496 e. The smallest absolute Gasteiger partial charge is 0.183 e. The molecule has 0 aliphatic carbocycles. The second-order valence-electron chi connectivity index (χ2n) is 8.16. The molecule has 2 aromatic rings. The van der Waals surface area contributed by atoms with E-state index in [9.17, 15) is 14.7 Å². The van der Waals surface area contributed by atoms with Gasteiger partial charge in [0.2, 0.25) is 0 Å². The van der Waals surface area contributed by atoms with E-state index in [1.807, 2.05) is 6.92 Å². The first-order valence-electron chi connectivity index (χ1n) is 10.0. The Morgan fingerprint density at radius 2 is 2.13 bits per heavy atom. The lowest BCUT2D eigenvalue weighted by molar-refractivity contribution is 0.000647. The van der Waals surface area contributed by atoms with Crippen molar-refractivity contribution < 1.29 is 33.6 Å². The number of hydrogen-bond acceptors (Lipinski definition) is 7. The van der Waals surface area contributed by atoms with E-state index >= 15 is 0 Å². The first-order valence-corrected chi connectivity index (χ1v) is 10.0. The van der Waals surface area contributed by atoms with Gasteiger partial charge in [0, 0.05) is 17.5 Å². The predicted octanol–water partition coefficient (Wildman–Crippen LogP) is 2.65. The van der Waals surface area contributed by atoms with E-state index in [1.165, 1.54) is 13.2 Å². The molecule has 31 heavy (non-hydrogen) atoms. The summed E-state index contributed by atoms with van der Waals surface area (Å²) < 4.78 is 23.5. The first-order chi connectivity index (χ1) is 14.9. The van der Waals surface area contributed by atoms with Gasteiger partial charge < -0.3 is 24.1 Å². The summed E-state index contributed by atoms with van der Waals surface area (Å²) in [5.74, 6) is 1.55. The number of ether oxygens (including phenoxy) is 4. The number of rotatable bonds is 4. The number of carbonyl (C=O) groups excluding carboxylic acids is 2. The third-order valence-electron chi connectivity index (χ3n) is 6.46. The second-order valence-corrected chi connectivity index (χ2v) is 8.16. The molecule has 0 bridgehead atoms. The molecule has 5 rings (SSSR count). The van der Waals surface area contributed by atoms with E-state index in [-0.39, 0.29) is 18.5 Å². The standard InChI is InChI=1S/C24H22O7/c1-12(2)18-7-15-17(30-18)5-4-14-22(15)31-21-10-29-20-6-13(9-25)19(28-3)8-16(20)24(21,11-26)23(14)27/h4-6,8-9,18,21,26H,1,7,10-11H2,2-3H3. The van der Waals surface area contributed by atoms with Crippen LogP contribution in [0.1, 0.15) is 38.8 Å². The highest BCUT2D eigenvalue weighted by molar-refractivity contribution is 6.09. The zero-order valence-electron chi connectivity index (χ0n) is 17.3. The van der Waals surface area contributed by atoms with Gasteiger partial charge in [-0.15, -0.1) is 0 Å². The highest BCUT2D eigenvalue weighted by atomic mass is 16.5. The highest BCUT2D eigenvalue weighted by Crippen LogP contribution is 2.51. The van der Waals surface area contributed by atoms with Crippen LogP contribution < -0.4 is 18.9 Å². The fraction of sp³-hybridized carbons (Fsp3) is 0.333. The number of fused-ring (bicyclic) bond motifs is 6. The Morgan fingerprint density at radius 1 is 1.32 bits per heavy atom. The number of Topliss-reactive ketones (excluding diaryl/α,β-unsaturated/α-hetero) is 1. The number of methoxy groups -OCH3 is 1. The van der Waals surface area contributed by atoms with E-state index in [4.69, 9.17) is 18.9 Å². The van der Waals surface area contributed by atoms with Gasteiger partial charge >= 0.3 is 0 Å². The van der Waals surface area contributed by atoms with Crippen molar-refractivity contribution in [2.45, 2.75) is 31.0 Å². The minimum Gasteiger partial charge on any atom is -0.496 e. The summed E-state index contributed by atoms with van der Waals surface area (Å²) in [5, 5.41) is 10.5. The predicted molar refractivity (Wildman–Crippen MR) is 111 cm³/mol. The van der Waals surface area contributed by atoms with Crippen LogP contribution in [0.4, 0.5) is 0 Å². The van der Waals surface area contributed by atoms with Crippen LogP contribution in [-0.2, 0) is 11.8 Å². The fourth-order valence-electron chi connectivity index (χ4n) is 4.72. The maximum atomic E-state index is 13.9. The molecule has 3 atom stereocenters. The normalized spacial score (nSPS) is 25.1. The van der Waals surface area contributed by atoms with Crippen molar-refractivity contribution >= 4 is 12.1 Å². The molecule has 1 N–H and O–H groups in total. The van der Waals surface area contributed by atoms with Gasteiger partial charge in [0.05, 0.1) is 24.8 Å². The van der Waals surface area contributed by atoms with E-state index in [0.717, 1.165) is 11.1 Å².